The first kappa shape index (κ1) is 13.3. The number of anilines is 1. The summed E-state index contributed by atoms with van der Waals surface area (Å²) in [5, 5.41) is 13.6. The van der Waals surface area contributed by atoms with Crippen LogP contribution in [0.4, 0.5) is 11.4 Å². The smallest absolute Gasteiger partial charge is 0.292 e. The first-order valence-electron chi connectivity index (χ1n) is 6.29. The van der Waals surface area contributed by atoms with Gasteiger partial charge in [0.25, 0.3) is 11.6 Å². The van der Waals surface area contributed by atoms with Crippen molar-refractivity contribution >= 4 is 17.3 Å². The molecule has 1 aromatic carbocycles. The van der Waals surface area contributed by atoms with E-state index in [0.29, 0.717) is 6.54 Å². The van der Waals surface area contributed by atoms with E-state index in [-0.39, 0.29) is 28.3 Å². The number of nitrogens with zero attached hydrogens (tertiary/aromatic N) is 1. The second kappa shape index (κ2) is 4.87. The lowest BCUT2D eigenvalue weighted by Crippen LogP contribution is -2.30. The Kier molecular flexibility index (Phi) is 3.42. The number of carbonyl (C=O) groups excluding carboxylic acids is 1. The maximum atomic E-state index is 11.9. The topological polar surface area (TPSA) is 98.3 Å². The summed E-state index contributed by atoms with van der Waals surface area (Å²) in [7, 11) is 0. The van der Waals surface area contributed by atoms with Gasteiger partial charge in [0.2, 0.25) is 0 Å². The summed E-state index contributed by atoms with van der Waals surface area (Å²) in [6, 6.07) is 4.11. The number of nitrogens with one attached hydrogen (secondary N) is 1. The number of hydrogen-bond donors (Lipinski definition) is 2. The molecule has 19 heavy (non-hydrogen) atoms. The Hall–Kier alpha value is -2.11. The average molecular weight is 263 g/mol. The lowest BCUT2D eigenvalue weighted by atomic mass is 10.0. The zero-order valence-corrected chi connectivity index (χ0v) is 10.8. The van der Waals surface area contributed by atoms with Crippen molar-refractivity contribution in [2.75, 3.05) is 12.3 Å². The summed E-state index contributed by atoms with van der Waals surface area (Å²) in [6.07, 6.45) is 3.30. The molecule has 0 atom stereocenters. The highest BCUT2D eigenvalue weighted by Gasteiger charge is 2.40. The summed E-state index contributed by atoms with van der Waals surface area (Å²) in [4.78, 5) is 22.1. The fourth-order valence-electron chi connectivity index (χ4n) is 2.04. The standard InChI is InChI=1S/C13H17N3O3/c1-2-13(5-6-13)8-15-12(17)9-3-4-10(14)11(7-9)16(18)19/h3-4,7H,2,5-6,8,14H2,1H3,(H,15,17). The van der Waals surface area contributed by atoms with Crippen LogP contribution in [0.3, 0.4) is 0 Å². The quantitative estimate of drug-likeness (QED) is 0.482. The monoisotopic (exact) mass is 263 g/mol. The molecule has 0 aliphatic heterocycles. The molecular formula is C13H17N3O3. The molecule has 1 fully saturated rings. The lowest BCUT2D eigenvalue weighted by Gasteiger charge is -2.13. The van der Waals surface area contributed by atoms with Gasteiger partial charge in [-0.2, -0.15) is 0 Å². The SMILES string of the molecule is CCC1(CNC(=O)c2ccc(N)c([N+](=O)[O-])c2)CC1. The van der Waals surface area contributed by atoms with Gasteiger partial charge in [-0.3, -0.25) is 14.9 Å². The van der Waals surface area contributed by atoms with Gasteiger partial charge in [-0.15, -0.1) is 0 Å². The van der Waals surface area contributed by atoms with Crippen molar-refractivity contribution in [3.63, 3.8) is 0 Å². The summed E-state index contributed by atoms with van der Waals surface area (Å²) in [5.74, 6) is -0.289. The number of carbonyl (C=O) groups is 1. The number of benzene rings is 1. The highest BCUT2D eigenvalue weighted by molar-refractivity contribution is 5.95. The molecular weight excluding hydrogens is 246 g/mol. The second-order valence-corrected chi connectivity index (χ2v) is 5.07. The van der Waals surface area contributed by atoms with E-state index in [1.807, 2.05) is 0 Å². The fourth-order valence-corrected chi connectivity index (χ4v) is 2.04. The van der Waals surface area contributed by atoms with Crippen molar-refractivity contribution in [3.8, 4) is 0 Å². The third-order valence-corrected chi connectivity index (χ3v) is 3.82. The van der Waals surface area contributed by atoms with Crippen molar-refractivity contribution in [3.05, 3.63) is 33.9 Å². The van der Waals surface area contributed by atoms with E-state index in [0.717, 1.165) is 19.3 Å². The molecule has 102 valence electrons. The van der Waals surface area contributed by atoms with Gasteiger partial charge in [-0.05, 0) is 36.8 Å². The van der Waals surface area contributed by atoms with E-state index < -0.39 is 4.92 Å². The number of nitro benzene ring substituents is 1. The maximum Gasteiger partial charge on any atom is 0.292 e. The number of nitro groups is 1. The van der Waals surface area contributed by atoms with Crippen LogP contribution < -0.4 is 11.1 Å². The molecule has 3 N–H and O–H groups in total. The van der Waals surface area contributed by atoms with Crippen LogP contribution in [0.1, 0.15) is 36.5 Å². The summed E-state index contributed by atoms with van der Waals surface area (Å²) in [5.41, 5.74) is 5.84. The molecule has 2 rings (SSSR count). The Morgan fingerprint density at radius 2 is 2.21 bits per heavy atom. The zero-order valence-electron chi connectivity index (χ0n) is 10.8. The normalized spacial score (nSPS) is 15.8. The largest absolute Gasteiger partial charge is 0.393 e. The van der Waals surface area contributed by atoms with Gasteiger partial charge < -0.3 is 11.1 Å². The van der Waals surface area contributed by atoms with Crippen LogP contribution in [-0.4, -0.2) is 17.4 Å². The Morgan fingerprint density at radius 3 is 2.74 bits per heavy atom. The van der Waals surface area contributed by atoms with Crippen LogP contribution in [-0.2, 0) is 0 Å². The first-order valence-corrected chi connectivity index (χ1v) is 6.29. The van der Waals surface area contributed by atoms with Crippen molar-refractivity contribution < 1.29 is 9.72 Å². The molecule has 1 amide bonds. The van der Waals surface area contributed by atoms with Crippen LogP contribution in [0.15, 0.2) is 18.2 Å². The van der Waals surface area contributed by atoms with Gasteiger partial charge in [0, 0.05) is 18.2 Å². The molecule has 0 bridgehead atoms. The minimum absolute atomic E-state index is 0.0637. The van der Waals surface area contributed by atoms with Crippen LogP contribution in [0, 0.1) is 15.5 Å². The van der Waals surface area contributed by atoms with Crippen molar-refractivity contribution in [1.29, 1.82) is 0 Å². The number of amides is 1. The third kappa shape index (κ3) is 2.83. The molecule has 6 heteroatoms. The minimum Gasteiger partial charge on any atom is -0.393 e. The van der Waals surface area contributed by atoms with E-state index in [2.05, 4.69) is 12.2 Å². The fraction of sp³-hybridized carbons (Fsp3) is 0.462. The van der Waals surface area contributed by atoms with Gasteiger partial charge in [-0.25, -0.2) is 0 Å². The lowest BCUT2D eigenvalue weighted by molar-refractivity contribution is -0.383. The van der Waals surface area contributed by atoms with Crippen molar-refractivity contribution in [1.82, 2.24) is 5.32 Å². The Morgan fingerprint density at radius 1 is 1.53 bits per heavy atom. The number of rotatable bonds is 5. The molecule has 1 aromatic rings. The van der Waals surface area contributed by atoms with Gasteiger partial charge in [-0.1, -0.05) is 6.92 Å². The van der Waals surface area contributed by atoms with E-state index in [1.54, 1.807) is 0 Å². The van der Waals surface area contributed by atoms with Crippen molar-refractivity contribution in [2.45, 2.75) is 26.2 Å². The highest BCUT2D eigenvalue weighted by atomic mass is 16.6. The van der Waals surface area contributed by atoms with Crippen LogP contribution >= 0.6 is 0 Å². The third-order valence-electron chi connectivity index (χ3n) is 3.82. The molecule has 1 saturated carbocycles. The van der Waals surface area contributed by atoms with Gasteiger partial charge in [0.1, 0.15) is 5.69 Å². The zero-order chi connectivity index (χ0) is 14.0. The van der Waals surface area contributed by atoms with Gasteiger partial charge >= 0.3 is 0 Å². The molecule has 6 nitrogen and oxygen atoms in total. The Bertz CT molecular complexity index is 524. The number of hydrogen-bond acceptors (Lipinski definition) is 4. The van der Waals surface area contributed by atoms with E-state index in [1.165, 1.54) is 18.2 Å². The Balaban J connectivity index is 2.07. The first-order chi connectivity index (χ1) is 8.97. The second-order valence-electron chi connectivity index (χ2n) is 5.07. The van der Waals surface area contributed by atoms with E-state index in [9.17, 15) is 14.9 Å². The predicted molar refractivity (Wildman–Crippen MR) is 71.8 cm³/mol. The summed E-state index contributed by atoms with van der Waals surface area (Å²) < 4.78 is 0. The van der Waals surface area contributed by atoms with Crippen molar-refractivity contribution in [2.24, 2.45) is 5.41 Å². The molecule has 0 saturated heterocycles. The highest BCUT2D eigenvalue weighted by Crippen LogP contribution is 2.47. The van der Waals surface area contributed by atoms with Crippen LogP contribution in [0.5, 0.6) is 0 Å². The maximum absolute atomic E-state index is 11.9. The molecule has 0 heterocycles. The molecule has 1 aliphatic rings. The predicted octanol–water partition coefficient (Wildman–Crippen LogP) is 2.10. The van der Waals surface area contributed by atoms with E-state index in [4.69, 9.17) is 5.73 Å². The molecule has 0 unspecified atom stereocenters. The van der Waals surface area contributed by atoms with Gasteiger partial charge in [0.05, 0.1) is 4.92 Å². The molecule has 1 aliphatic carbocycles. The molecule has 0 aromatic heterocycles. The number of nitrogens with two attached hydrogens (primary N) is 1. The Labute approximate surface area is 111 Å². The average Bonchev–Trinajstić information content (AvgIpc) is 3.17. The minimum atomic E-state index is -0.583. The molecule has 0 radical (unpaired) electrons. The van der Waals surface area contributed by atoms with E-state index >= 15 is 0 Å². The van der Waals surface area contributed by atoms with Crippen LogP contribution in [0.25, 0.3) is 0 Å². The molecule has 0 spiro atoms. The van der Waals surface area contributed by atoms with Crippen LogP contribution in [0.2, 0.25) is 0 Å². The number of nitrogen functional groups attached to an aromatic ring is 1. The summed E-state index contributed by atoms with van der Waals surface area (Å²) >= 11 is 0. The summed E-state index contributed by atoms with van der Waals surface area (Å²) in [6.45, 7) is 2.73. The van der Waals surface area contributed by atoms with Gasteiger partial charge in [0.15, 0.2) is 0 Å².